The molecule has 0 saturated heterocycles. The summed E-state index contributed by atoms with van der Waals surface area (Å²) in [4.78, 5) is 0. The first-order valence-corrected chi connectivity index (χ1v) is 16.2. The van der Waals surface area contributed by atoms with E-state index in [2.05, 4.69) is 188 Å². The Labute approximate surface area is 274 Å². The van der Waals surface area contributed by atoms with Crippen LogP contribution < -0.4 is 0 Å². The van der Waals surface area contributed by atoms with Gasteiger partial charge in [-0.1, -0.05) is 200 Å². The number of aryl methyl sites for hydroxylation is 1. The zero-order chi connectivity index (χ0) is 31.4. The summed E-state index contributed by atoms with van der Waals surface area (Å²) < 4.78 is 0. The molecule has 6 rings (SSSR count). The van der Waals surface area contributed by atoms with E-state index in [-0.39, 0.29) is 5.92 Å². The van der Waals surface area contributed by atoms with Crippen molar-refractivity contribution in [2.24, 2.45) is 0 Å². The molecule has 0 aliphatic heterocycles. The number of hydrogen-bond acceptors (Lipinski definition) is 0. The van der Waals surface area contributed by atoms with E-state index in [0.717, 1.165) is 30.4 Å². The van der Waals surface area contributed by atoms with Gasteiger partial charge in [0.2, 0.25) is 0 Å². The largest absolute Gasteiger partial charge is 0.0943 e. The van der Waals surface area contributed by atoms with E-state index < -0.39 is 0 Å². The first-order chi connectivity index (χ1) is 22.8. The van der Waals surface area contributed by atoms with Crippen molar-refractivity contribution < 1.29 is 0 Å². The third-order valence-corrected chi connectivity index (χ3v) is 8.66. The van der Waals surface area contributed by atoms with Crippen molar-refractivity contribution in [3.05, 3.63) is 234 Å². The molecule has 0 aromatic heterocycles. The monoisotopic (exact) mass is 592 g/mol. The lowest BCUT2D eigenvalue weighted by Crippen LogP contribution is -2.09. The Hall–Kier alpha value is -5.46. The van der Waals surface area contributed by atoms with Crippen molar-refractivity contribution in [2.45, 2.75) is 25.2 Å². The molecule has 6 aromatic carbocycles. The van der Waals surface area contributed by atoms with Crippen LogP contribution in [-0.4, -0.2) is 0 Å². The van der Waals surface area contributed by atoms with Gasteiger partial charge in [-0.25, -0.2) is 0 Å². The van der Waals surface area contributed by atoms with E-state index in [1.807, 2.05) is 0 Å². The van der Waals surface area contributed by atoms with Crippen LogP contribution in [0.2, 0.25) is 0 Å². The molecule has 224 valence electrons. The highest BCUT2D eigenvalue weighted by Crippen LogP contribution is 2.45. The molecule has 0 aliphatic carbocycles. The Bertz CT molecular complexity index is 1830. The van der Waals surface area contributed by atoms with Crippen LogP contribution in [0.3, 0.4) is 0 Å². The topological polar surface area (TPSA) is 0 Å². The van der Waals surface area contributed by atoms with Crippen LogP contribution in [0.1, 0.15) is 52.1 Å². The van der Waals surface area contributed by atoms with E-state index >= 15 is 0 Å². The Balaban J connectivity index is 1.57. The highest BCUT2D eigenvalue weighted by molar-refractivity contribution is 5.89. The van der Waals surface area contributed by atoms with Crippen LogP contribution in [-0.2, 0) is 6.42 Å². The van der Waals surface area contributed by atoms with Gasteiger partial charge < -0.3 is 0 Å². The van der Waals surface area contributed by atoms with Crippen LogP contribution in [0.4, 0.5) is 0 Å². The van der Waals surface area contributed by atoms with Gasteiger partial charge in [-0.05, 0) is 69.4 Å². The molecule has 0 heterocycles. The first-order valence-electron chi connectivity index (χ1n) is 16.2. The normalized spacial score (nSPS) is 12.1. The number of allylic oxidation sites excluding steroid dienone is 4. The van der Waals surface area contributed by atoms with E-state index in [9.17, 15) is 0 Å². The molecule has 0 radical (unpaired) electrons. The van der Waals surface area contributed by atoms with Crippen molar-refractivity contribution in [3.8, 4) is 0 Å². The van der Waals surface area contributed by atoms with Gasteiger partial charge in [-0.2, -0.15) is 0 Å². The fourth-order valence-corrected chi connectivity index (χ4v) is 6.35. The van der Waals surface area contributed by atoms with Gasteiger partial charge in [-0.15, -0.1) is 0 Å². The second-order valence-corrected chi connectivity index (χ2v) is 11.7. The molecule has 0 amide bonds. The minimum absolute atomic E-state index is 0.0120. The van der Waals surface area contributed by atoms with Gasteiger partial charge in [0.05, 0.1) is 0 Å². The molecule has 0 fully saturated rings. The zero-order valence-corrected chi connectivity index (χ0v) is 26.3. The summed E-state index contributed by atoms with van der Waals surface area (Å²) in [6, 6.07) is 65.0. The van der Waals surface area contributed by atoms with Crippen molar-refractivity contribution in [1.29, 1.82) is 0 Å². The minimum atomic E-state index is -0.0120. The molecule has 0 saturated carbocycles. The second kappa shape index (κ2) is 15.5. The zero-order valence-electron chi connectivity index (χ0n) is 26.3. The quantitative estimate of drug-likeness (QED) is 0.133. The fourth-order valence-electron chi connectivity index (χ4n) is 6.35. The molecule has 0 spiro atoms. The molecule has 1 unspecified atom stereocenters. The maximum atomic E-state index is 4.79. The molecule has 0 nitrogen and oxygen atoms in total. The van der Waals surface area contributed by atoms with Gasteiger partial charge in [0.1, 0.15) is 0 Å². The molecule has 1 atom stereocenters. The molecule has 0 N–H and O–H groups in total. The van der Waals surface area contributed by atoms with Gasteiger partial charge in [0.15, 0.2) is 0 Å². The smallest absolute Gasteiger partial charge is 0.0345 e. The second-order valence-electron chi connectivity index (χ2n) is 11.7. The maximum Gasteiger partial charge on any atom is 0.0345 e. The lowest BCUT2D eigenvalue weighted by atomic mass is 9.76. The van der Waals surface area contributed by atoms with E-state index in [1.165, 1.54) is 44.5 Å². The summed E-state index contributed by atoms with van der Waals surface area (Å²) in [5.74, 6) is -0.0120. The standard InChI is InChI=1S/C46H40/c1-36(38-22-10-3-11-23-38)45(41-28-16-6-17-29-41)46(42-30-18-7-19-31-42)43(33-32-37-20-8-2-9-21-37)34-35-44(39-24-12-4-13-25-39)40-26-14-5-15-27-40/h2-31,35,45H,1,32-34H2. The summed E-state index contributed by atoms with van der Waals surface area (Å²) in [5, 5.41) is 0. The predicted octanol–water partition coefficient (Wildman–Crippen LogP) is 12.1. The van der Waals surface area contributed by atoms with Crippen LogP contribution in [0, 0.1) is 0 Å². The molecule has 46 heavy (non-hydrogen) atoms. The average Bonchev–Trinajstić information content (AvgIpc) is 3.14. The van der Waals surface area contributed by atoms with Crippen LogP contribution in [0.15, 0.2) is 200 Å². The molecule has 0 bridgehead atoms. The number of hydrogen-bond donors (Lipinski definition) is 0. The Morgan fingerprint density at radius 1 is 0.478 bits per heavy atom. The Morgan fingerprint density at radius 3 is 1.39 bits per heavy atom. The van der Waals surface area contributed by atoms with E-state index in [1.54, 1.807) is 0 Å². The third-order valence-electron chi connectivity index (χ3n) is 8.66. The third kappa shape index (κ3) is 7.60. The van der Waals surface area contributed by atoms with Crippen molar-refractivity contribution >= 4 is 16.7 Å². The molecule has 6 aromatic rings. The first kappa shape index (κ1) is 30.6. The molecule has 0 aliphatic rings. The highest BCUT2D eigenvalue weighted by Gasteiger charge is 2.25. The van der Waals surface area contributed by atoms with E-state index in [4.69, 9.17) is 6.58 Å². The number of benzene rings is 6. The Kier molecular flexibility index (Phi) is 10.3. The summed E-state index contributed by atoms with van der Waals surface area (Å²) >= 11 is 0. The summed E-state index contributed by atoms with van der Waals surface area (Å²) in [6.07, 6.45) is 5.17. The predicted molar refractivity (Wildman–Crippen MR) is 197 cm³/mol. The summed E-state index contributed by atoms with van der Waals surface area (Å²) in [7, 11) is 0. The molecular formula is C46H40. The Morgan fingerprint density at radius 2 is 0.891 bits per heavy atom. The highest BCUT2D eigenvalue weighted by atomic mass is 14.3. The lowest BCUT2D eigenvalue weighted by Gasteiger charge is -2.28. The molecular weight excluding hydrogens is 553 g/mol. The van der Waals surface area contributed by atoms with Crippen LogP contribution in [0.5, 0.6) is 0 Å². The fraction of sp³-hybridized carbons (Fsp3) is 0.0870. The molecule has 0 heteroatoms. The van der Waals surface area contributed by atoms with Crippen molar-refractivity contribution in [3.63, 3.8) is 0 Å². The van der Waals surface area contributed by atoms with Crippen molar-refractivity contribution in [2.75, 3.05) is 0 Å². The number of rotatable bonds is 12. The van der Waals surface area contributed by atoms with Gasteiger partial charge in [-0.3, -0.25) is 0 Å². The lowest BCUT2D eigenvalue weighted by molar-refractivity contribution is 0.900. The van der Waals surface area contributed by atoms with E-state index in [0.29, 0.717) is 0 Å². The van der Waals surface area contributed by atoms with Crippen LogP contribution in [0.25, 0.3) is 16.7 Å². The van der Waals surface area contributed by atoms with Crippen molar-refractivity contribution in [1.82, 2.24) is 0 Å². The van der Waals surface area contributed by atoms with Gasteiger partial charge in [0, 0.05) is 5.92 Å². The van der Waals surface area contributed by atoms with Crippen LogP contribution >= 0.6 is 0 Å². The maximum absolute atomic E-state index is 4.79. The van der Waals surface area contributed by atoms with Gasteiger partial charge >= 0.3 is 0 Å². The summed E-state index contributed by atoms with van der Waals surface area (Å²) in [5.41, 5.74) is 12.6. The van der Waals surface area contributed by atoms with Gasteiger partial charge in [0.25, 0.3) is 0 Å². The minimum Gasteiger partial charge on any atom is -0.0943 e. The summed E-state index contributed by atoms with van der Waals surface area (Å²) in [6.45, 7) is 4.79. The SMILES string of the molecule is C=C(c1ccccc1)C(C(=C(CC=C(c1ccccc1)c1ccccc1)CCc1ccccc1)c1ccccc1)c1ccccc1. The average molecular weight is 593 g/mol.